The molecule has 5 heteroatoms. The van der Waals surface area contributed by atoms with Gasteiger partial charge in [-0.05, 0) is 57.5 Å². The minimum atomic E-state index is -0.510. The second kappa shape index (κ2) is 9.73. The Kier molecular flexibility index (Phi) is 7.98. The van der Waals surface area contributed by atoms with Gasteiger partial charge in [0.2, 0.25) is 5.91 Å². The number of carbonyl (C=O) groups is 1. The summed E-state index contributed by atoms with van der Waals surface area (Å²) in [6.45, 7) is 9.38. The number of nitrogens with zero attached hydrogens (tertiary/aromatic N) is 1. The van der Waals surface area contributed by atoms with Gasteiger partial charge in [0.1, 0.15) is 6.10 Å². The van der Waals surface area contributed by atoms with E-state index in [1.165, 1.54) is 25.7 Å². The van der Waals surface area contributed by atoms with E-state index in [9.17, 15) is 9.90 Å². The van der Waals surface area contributed by atoms with Gasteiger partial charge in [0, 0.05) is 13.1 Å². The second-order valence-electron chi connectivity index (χ2n) is 8.05. The highest BCUT2D eigenvalue weighted by atomic mass is 16.5. The number of aliphatic hydroxyl groups excluding tert-OH is 1. The van der Waals surface area contributed by atoms with Crippen LogP contribution in [0.2, 0.25) is 0 Å². The Morgan fingerprint density at radius 1 is 1.21 bits per heavy atom. The summed E-state index contributed by atoms with van der Waals surface area (Å²) in [7, 11) is 0. The molecule has 1 heterocycles. The summed E-state index contributed by atoms with van der Waals surface area (Å²) in [5.74, 6) is 1.37. The summed E-state index contributed by atoms with van der Waals surface area (Å²) >= 11 is 0. The van der Waals surface area contributed by atoms with Crippen LogP contribution in [0.15, 0.2) is 0 Å². The number of carbonyl (C=O) groups excluding carboxylic acids is 1. The van der Waals surface area contributed by atoms with E-state index in [-0.39, 0.29) is 12.0 Å². The Labute approximate surface area is 147 Å². The summed E-state index contributed by atoms with van der Waals surface area (Å²) in [4.78, 5) is 14.5. The largest absolute Gasteiger partial charge is 0.390 e. The first-order valence-electron chi connectivity index (χ1n) is 9.77. The molecule has 2 aliphatic rings. The van der Waals surface area contributed by atoms with Crippen LogP contribution in [0, 0.1) is 11.8 Å². The van der Waals surface area contributed by atoms with Gasteiger partial charge < -0.3 is 20.1 Å². The first kappa shape index (κ1) is 19.7. The highest BCUT2D eigenvalue weighted by Crippen LogP contribution is 2.26. The quantitative estimate of drug-likeness (QED) is 0.746. The van der Waals surface area contributed by atoms with Crippen molar-refractivity contribution >= 4 is 5.91 Å². The van der Waals surface area contributed by atoms with Crippen LogP contribution in [0.25, 0.3) is 0 Å². The van der Waals surface area contributed by atoms with E-state index in [1.807, 2.05) is 6.92 Å². The average Bonchev–Trinajstić information content (AvgIpc) is 2.54. The van der Waals surface area contributed by atoms with Crippen molar-refractivity contribution in [1.29, 1.82) is 0 Å². The molecule has 24 heavy (non-hydrogen) atoms. The smallest absolute Gasteiger partial charge is 0.248 e. The predicted molar refractivity (Wildman–Crippen MR) is 95.8 cm³/mol. The fourth-order valence-corrected chi connectivity index (χ4v) is 3.82. The molecule has 2 rings (SSSR count). The maximum atomic E-state index is 12.2. The first-order valence-corrected chi connectivity index (χ1v) is 9.77. The van der Waals surface area contributed by atoms with Gasteiger partial charge in [-0.2, -0.15) is 0 Å². The number of piperidine rings is 1. The van der Waals surface area contributed by atoms with Gasteiger partial charge in [0.15, 0.2) is 0 Å². The molecule has 0 aromatic rings. The molecule has 0 spiro atoms. The van der Waals surface area contributed by atoms with Crippen molar-refractivity contribution in [1.82, 2.24) is 10.2 Å². The maximum absolute atomic E-state index is 12.2. The van der Waals surface area contributed by atoms with Crippen LogP contribution in [-0.2, 0) is 9.53 Å². The summed E-state index contributed by atoms with van der Waals surface area (Å²) in [5, 5.41) is 13.0. The lowest BCUT2D eigenvalue weighted by Gasteiger charge is -2.32. The molecule has 4 unspecified atom stereocenters. The van der Waals surface area contributed by atoms with E-state index in [0.717, 1.165) is 31.8 Å². The molecular weight excluding hydrogens is 304 g/mol. The van der Waals surface area contributed by atoms with E-state index in [1.54, 1.807) is 0 Å². The average molecular weight is 341 g/mol. The normalized spacial score (nSPS) is 29.2. The number of nitrogens with one attached hydrogen (secondary N) is 1. The molecule has 2 N–H and O–H groups in total. The topological polar surface area (TPSA) is 61.8 Å². The van der Waals surface area contributed by atoms with Gasteiger partial charge in [0.25, 0.3) is 0 Å². The van der Waals surface area contributed by atoms with Crippen molar-refractivity contribution in [3.63, 3.8) is 0 Å². The second-order valence-corrected chi connectivity index (χ2v) is 8.05. The van der Waals surface area contributed by atoms with Gasteiger partial charge in [0.05, 0.1) is 12.2 Å². The number of amides is 1. The minimum Gasteiger partial charge on any atom is -0.390 e. The molecule has 1 saturated carbocycles. The Balaban J connectivity index is 1.62. The zero-order valence-corrected chi connectivity index (χ0v) is 15.7. The van der Waals surface area contributed by atoms with E-state index in [2.05, 4.69) is 24.1 Å². The number of hydrogen-bond donors (Lipinski definition) is 2. The minimum absolute atomic E-state index is 0.112. The Morgan fingerprint density at radius 3 is 2.58 bits per heavy atom. The van der Waals surface area contributed by atoms with Crippen LogP contribution >= 0.6 is 0 Å². The molecule has 1 aliphatic heterocycles. The fourth-order valence-electron chi connectivity index (χ4n) is 3.82. The van der Waals surface area contributed by atoms with Crippen molar-refractivity contribution in [2.45, 2.75) is 77.6 Å². The molecule has 0 bridgehead atoms. The van der Waals surface area contributed by atoms with Crippen LogP contribution in [0.1, 0.15) is 59.3 Å². The van der Waals surface area contributed by atoms with Crippen LogP contribution in [0.5, 0.6) is 0 Å². The molecule has 1 amide bonds. The molecule has 1 aliphatic carbocycles. The molecule has 2 fully saturated rings. The lowest BCUT2D eigenvalue weighted by atomic mass is 9.88. The summed E-state index contributed by atoms with van der Waals surface area (Å²) in [6, 6.07) is 0. The Hall–Kier alpha value is -0.650. The Morgan fingerprint density at radius 2 is 1.92 bits per heavy atom. The first-order chi connectivity index (χ1) is 11.4. The number of hydrogen-bond acceptors (Lipinski definition) is 4. The summed E-state index contributed by atoms with van der Waals surface area (Å²) in [5.41, 5.74) is 0. The SMILES string of the molecule is CC1CCN(CC(O)CNC(=O)C(C)OC2CCCC(C)C2)CC1. The van der Waals surface area contributed by atoms with Gasteiger partial charge >= 0.3 is 0 Å². The van der Waals surface area contributed by atoms with Gasteiger partial charge in [-0.3, -0.25) is 4.79 Å². The number of β-amino-alcohol motifs (C(OH)–C–C–N with tert-alkyl or cyclic N) is 1. The number of ether oxygens (including phenoxy) is 1. The molecule has 140 valence electrons. The van der Waals surface area contributed by atoms with Gasteiger partial charge in [-0.15, -0.1) is 0 Å². The van der Waals surface area contributed by atoms with Crippen molar-refractivity contribution in [2.75, 3.05) is 26.2 Å². The van der Waals surface area contributed by atoms with E-state index < -0.39 is 12.2 Å². The monoisotopic (exact) mass is 340 g/mol. The maximum Gasteiger partial charge on any atom is 0.248 e. The van der Waals surface area contributed by atoms with Crippen LogP contribution in [-0.4, -0.2) is 60.4 Å². The third-order valence-electron chi connectivity index (χ3n) is 5.51. The molecule has 4 atom stereocenters. The van der Waals surface area contributed by atoms with Crippen molar-refractivity contribution < 1.29 is 14.6 Å². The number of likely N-dealkylation sites (tertiary alicyclic amines) is 1. The number of aliphatic hydroxyl groups is 1. The Bertz CT molecular complexity index is 383. The van der Waals surface area contributed by atoms with Crippen LogP contribution in [0.3, 0.4) is 0 Å². The number of rotatable bonds is 7. The van der Waals surface area contributed by atoms with Crippen molar-refractivity contribution in [2.24, 2.45) is 11.8 Å². The highest BCUT2D eigenvalue weighted by Gasteiger charge is 2.24. The molecule has 0 aromatic carbocycles. The fraction of sp³-hybridized carbons (Fsp3) is 0.947. The molecule has 0 radical (unpaired) electrons. The van der Waals surface area contributed by atoms with E-state index >= 15 is 0 Å². The zero-order chi connectivity index (χ0) is 17.5. The molecule has 0 aromatic heterocycles. The van der Waals surface area contributed by atoms with E-state index in [0.29, 0.717) is 19.0 Å². The lowest BCUT2D eigenvalue weighted by molar-refractivity contribution is -0.137. The summed E-state index contributed by atoms with van der Waals surface area (Å²) in [6.07, 6.45) is 6.20. The molecular formula is C19H36N2O3. The van der Waals surface area contributed by atoms with Crippen LogP contribution < -0.4 is 5.32 Å². The van der Waals surface area contributed by atoms with Gasteiger partial charge in [-0.25, -0.2) is 0 Å². The third kappa shape index (κ3) is 6.69. The molecule has 1 saturated heterocycles. The van der Waals surface area contributed by atoms with Crippen molar-refractivity contribution in [3.8, 4) is 0 Å². The van der Waals surface area contributed by atoms with E-state index in [4.69, 9.17) is 4.74 Å². The van der Waals surface area contributed by atoms with Crippen LogP contribution in [0.4, 0.5) is 0 Å². The highest BCUT2D eigenvalue weighted by molar-refractivity contribution is 5.80. The van der Waals surface area contributed by atoms with Gasteiger partial charge in [-0.1, -0.05) is 26.7 Å². The predicted octanol–water partition coefficient (Wildman–Crippen LogP) is 2.18. The van der Waals surface area contributed by atoms with Crippen molar-refractivity contribution in [3.05, 3.63) is 0 Å². The third-order valence-corrected chi connectivity index (χ3v) is 5.51. The zero-order valence-electron chi connectivity index (χ0n) is 15.7. The standard InChI is InChI=1S/C19H36N2O3/c1-14-7-9-21(10-8-14)13-17(22)12-20-19(23)16(3)24-18-6-4-5-15(2)11-18/h14-18,22H,4-13H2,1-3H3,(H,20,23). The molecule has 5 nitrogen and oxygen atoms in total. The lowest BCUT2D eigenvalue weighted by Crippen LogP contribution is -2.45. The summed E-state index contributed by atoms with van der Waals surface area (Å²) < 4.78 is 5.91.